The van der Waals surface area contributed by atoms with E-state index < -0.39 is 5.91 Å². The Balaban J connectivity index is 0.977. The van der Waals surface area contributed by atoms with Crippen LogP contribution in [-0.4, -0.2) is 69.1 Å². The fraction of sp³-hybridized carbons (Fsp3) is 0.387. The number of benzene rings is 2. The Hall–Kier alpha value is -4.03. The van der Waals surface area contributed by atoms with Gasteiger partial charge in [-0.3, -0.25) is 25.8 Å². The molecular weight excluding hydrogens is 530 g/mol. The van der Waals surface area contributed by atoms with Crippen LogP contribution in [0.1, 0.15) is 46.8 Å². The number of rotatable bonds is 7. The van der Waals surface area contributed by atoms with Crippen molar-refractivity contribution < 1.29 is 10.0 Å². The number of anilines is 3. The lowest BCUT2D eigenvalue weighted by Gasteiger charge is -2.36. The second kappa shape index (κ2) is 11.7. The van der Waals surface area contributed by atoms with Crippen LogP contribution in [0, 0.1) is 5.92 Å². The summed E-state index contributed by atoms with van der Waals surface area (Å²) in [6.45, 7) is 5.71. The zero-order valence-corrected chi connectivity index (χ0v) is 23.5. The Bertz CT molecular complexity index is 1530. The summed E-state index contributed by atoms with van der Waals surface area (Å²) < 4.78 is 2.09. The van der Waals surface area contributed by atoms with Crippen LogP contribution >= 0.6 is 0 Å². The first-order valence-electron chi connectivity index (χ1n) is 14.8. The first-order chi connectivity index (χ1) is 20.6. The highest BCUT2D eigenvalue weighted by Crippen LogP contribution is 2.37. The van der Waals surface area contributed by atoms with Crippen molar-refractivity contribution in [2.75, 3.05) is 42.9 Å². The number of carbonyl (C=O) groups excluding carboxylic acids is 1. The molecule has 0 bridgehead atoms. The smallest absolute Gasteiger partial charge is 0.274 e. The highest BCUT2D eigenvalue weighted by molar-refractivity contribution is 5.93. The third-order valence-electron chi connectivity index (χ3n) is 9.05. The lowest BCUT2D eigenvalue weighted by Crippen LogP contribution is -2.45. The number of imidazole rings is 1. The van der Waals surface area contributed by atoms with Gasteiger partial charge >= 0.3 is 0 Å². The molecule has 3 aliphatic rings. The van der Waals surface area contributed by atoms with E-state index in [2.05, 4.69) is 65.8 Å². The first kappa shape index (κ1) is 26.8. The number of amides is 1. The van der Waals surface area contributed by atoms with Crippen LogP contribution in [0.2, 0.25) is 0 Å². The zero-order valence-electron chi connectivity index (χ0n) is 23.5. The van der Waals surface area contributed by atoms with Crippen LogP contribution in [-0.2, 0) is 6.54 Å². The number of hydrogen-bond acceptors (Lipinski definition) is 9. The monoisotopic (exact) mass is 567 g/mol. The second-order valence-corrected chi connectivity index (χ2v) is 11.6. The minimum atomic E-state index is -0.493. The molecule has 2 aromatic heterocycles. The van der Waals surface area contributed by atoms with E-state index in [1.807, 2.05) is 24.5 Å². The number of carbonyl (C=O) groups is 1. The molecule has 4 aromatic rings. The summed E-state index contributed by atoms with van der Waals surface area (Å²) in [5.74, 6) is 1.45. The average molecular weight is 568 g/mol. The van der Waals surface area contributed by atoms with E-state index in [-0.39, 0.29) is 0 Å². The van der Waals surface area contributed by atoms with Crippen molar-refractivity contribution in [2.24, 2.45) is 5.92 Å². The van der Waals surface area contributed by atoms with Crippen molar-refractivity contribution in [2.45, 2.75) is 37.8 Å². The predicted molar refractivity (Wildman–Crippen MR) is 161 cm³/mol. The van der Waals surface area contributed by atoms with Gasteiger partial charge in [-0.25, -0.2) is 15.4 Å². The van der Waals surface area contributed by atoms with Gasteiger partial charge in [0.05, 0.1) is 5.69 Å². The van der Waals surface area contributed by atoms with Gasteiger partial charge in [0, 0.05) is 86.8 Å². The number of aromatic nitrogens is 3. The molecule has 11 nitrogen and oxygen atoms in total. The van der Waals surface area contributed by atoms with Crippen LogP contribution in [0.4, 0.5) is 17.2 Å². The minimum absolute atomic E-state index is 0.430. The largest absolute Gasteiger partial charge is 0.369 e. The number of hydrogen-bond donors (Lipinski definition) is 5. The molecule has 0 radical (unpaired) electrons. The van der Waals surface area contributed by atoms with E-state index in [0.717, 1.165) is 86.4 Å². The molecule has 3 fully saturated rings. The molecule has 1 amide bonds. The quantitative estimate of drug-likeness (QED) is 0.169. The summed E-state index contributed by atoms with van der Waals surface area (Å²) in [6, 6.07) is 16.5. The van der Waals surface area contributed by atoms with Crippen LogP contribution in [0.5, 0.6) is 0 Å². The third-order valence-corrected chi connectivity index (χ3v) is 9.05. The van der Waals surface area contributed by atoms with E-state index in [0.29, 0.717) is 17.5 Å². The molecule has 2 saturated heterocycles. The van der Waals surface area contributed by atoms with E-state index >= 15 is 0 Å². The normalized spacial score (nSPS) is 22.7. The molecule has 42 heavy (non-hydrogen) atoms. The summed E-state index contributed by atoms with van der Waals surface area (Å²) in [7, 11) is 0. The fourth-order valence-electron chi connectivity index (χ4n) is 6.62. The molecule has 3 atom stereocenters. The van der Waals surface area contributed by atoms with Crippen molar-refractivity contribution in [3.63, 3.8) is 0 Å². The third kappa shape index (κ3) is 5.56. The molecule has 4 heterocycles. The number of nitrogens with one attached hydrogen (secondary N) is 4. The van der Waals surface area contributed by atoms with Crippen LogP contribution in [0.15, 0.2) is 67.1 Å². The number of fused-ring (bicyclic) bond motifs is 2. The summed E-state index contributed by atoms with van der Waals surface area (Å²) in [5.41, 5.74) is 14.2. The van der Waals surface area contributed by atoms with E-state index in [1.165, 1.54) is 12.1 Å². The maximum Gasteiger partial charge on any atom is 0.274 e. The van der Waals surface area contributed by atoms with Crippen molar-refractivity contribution >= 4 is 28.7 Å². The number of hydroxylamine groups is 1. The number of nitrogens with zero attached hydrogens (tertiary/aromatic N) is 5. The summed E-state index contributed by atoms with van der Waals surface area (Å²) in [6.07, 6.45) is 9.46. The van der Waals surface area contributed by atoms with Gasteiger partial charge in [0.1, 0.15) is 0 Å². The molecule has 5 N–H and O–H groups in total. The van der Waals surface area contributed by atoms with E-state index in [9.17, 15) is 4.79 Å². The van der Waals surface area contributed by atoms with Gasteiger partial charge in [0.25, 0.3) is 5.91 Å². The maximum absolute atomic E-state index is 11.6. The fourth-order valence-corrected chi connectivity index (χ4v) is 6.62. The molecule has 2 aromatic carbocycles. The molecule has 0 spiro atoms. The topological polar surface area (TPSA) is 122 Å². The standard InChI is InChI=1S/C31H37N9O2/c41-31(37-42)22-3-1-21(2-4-22)19-38-13-15-39(16-14-38)26-9-7-25(8-10-26)34-29-30-32-11-12-40(30)20-28(35-29)23-5-6-24-18-33-36-27(24)17-23/h1-4,7-12,20,23-24,27,33,36,42H,5-6,13-19H2,(H,34,35)(H,37,41). The Kier molecular flexibility index (Phi) is 7.47. The van der Waals surface area contributed by atoms with Gasteiger partial charge < -0.3 is 14.6 Å². The van der Waals surface area contributed by atoms with Crippen molar-refractivity contribution in [1.29, 1.82) is 0 Å². The van der Waals surface area contributed by atoms with Gasteiger partial charge in [-0.1, -0.05) is 12.1 Å². The van der Waals surface area contributed by atoms with Crippen molar-refractivity contribution in [3.05, 3.63) is 83.9 Å². The lowest BCUT2D eigenvalue weighted by atomic mass is 9.78. The van der Waals surface area contributed by atoms with Crippen LogP contribution < -0.4 is 26.5 Å². The van der Waals surface area contributed by atoms with Gasteiger partial charge in [-0.2, -0.15) is 0 Å². The number of piperazine rings is 1. The molecular formula is C31H37N9O2. The zero-order chi connectivity index (χ0) is 28.5. The summed E-state index contributed by atoms with van der Waals surface area (Å²) in [4.78, 5) is 26.1. The van der Waals surface area contributed by atoms with Gasteiger partial charge in [0.15, 0.2) is 11.5 Å². The molecule has 11 heteroatoms. The Labute approximate surface area is 244 Å². The highest BCUT2D eigenvalue weighted by Gasteiger charge is 2.35. The van der Waals surface area contributed by atoms with E-state index in [1.54, 1.807) is 17.6 Å². The summed E-state index contributed by atoms with van der Waals surface area (Å²) >= 11 is 0. The van der Waals surface area contributed by atoms with Gasteiger partial charge in [-0.15, -0.1) is 0 Å². The van der Waals surface area contributed by atoms with Gasteiger partial charge in [-0.05, 0) is 67.1 Å². The van der Waals surface area contributed by atoms with E-state index in [4.69, 9.17) is 10.2 Å². The molecule has 218 valence electrons. The average Bonchev–Trinajstić information content (AvgIpc) is 3.71. The van der Waals surface area contributed by atoms with Crippen molar-refractivity contribution in [1.82, 2.24) is 35.6 Å². The molecule has 1 aliphatic carbocycles. The Morgan fingerprint density at radius 3 is 2.62 bits per heavy atom. The molecule has 1 saturated carbocycles. The Morgan fingerprint density at radius 2 is 1.83 bits per heavy atom. The highest BCUT2D eigenvalue weighted by atomic mass is 16.5. The minimum Gasteiger partial charge on any atom is -0.369 e. The van der Waals surface area contributed by atoms with Gasteiger partial charge in [0.2, 0.25) is 0 Å². The molecule has 2 aliphatic heterocycles. The first-order valence-corrected chi connectivity index (χ1v) is 14.8. The molecule has 7 rings (SSSR count). The van der Waals surface area contributed by atoms with Crippen molar-refractivity contribution in [3.8, 4) is 0 Å². The predicted octanol–water partition coefficient (Wildman–Crippen LogP) is 3.27. The van der Waals surface area contributed by atoms with Crippen LogP contribution in [0.3, 0.4) is 0 Å². The van der Waals surface area contributed by atoms with Crippen LogP contribution in [0.25, 0.3) is 5.65 Å². The molecule has 3 unspecified atom stereocenters. The number of hydrazine groups is 1. The maximum atomic E-state index is 11.6. The second-order valence-electron chi connectivity index (χ2n) is 11.6. The SMILES string of the molecule is O=C(NO)c1ccc(CN2CCN(c3ccc(Nc4nc(C5CCC6CNNC6C5)cn5ccnc45)cc3)CC2)cc1. The summed E-state index contributed by atoms with van der Waals surface area (Å²) in [5, 5.41) is 12.4. The Morgan fingerprint density at radius 1 is 1.02 bits per heavy atom. The lowest BCUT2D eigenvalue weighted by molar-refractivity contribution is 0.0706.